The summed E-state index contributed by atoms with van der Waals surface area (Å²) in [6.45, 7) is 3.13. The highest BCUT2D eigenvalue weighted by molar-refractivity contribution is 9.10. The van der Waals surface area contributed by atoms with Gasteiger partial charge in [-0.15, -0.1) is 0 Å². The van der Waals surface area contributed by atoms with Gasteiger partial charge in [0.05, 0.1) is 5.69 Å². The third-order valence-electron chi connectivity index (χ3n) is 2.65. The van der Waals surface area contributed by atoms with Gasteiger partial charge in [-0.1, -0.05) is 0 Å². The van der Waals surface area contributed by atoms with Crippen molar-refractivity contribution in [2.24, 2.45) is 5.73 Å². The van der Waals surface area contributed by atoms with Crippen molar-refractivity contribution in [3.8, 4) is 0 Å². The average molecular weight is 258 g/mol. The average Bonchev–Trinajstić information content (AvgIpc) is 2.44. The molecule has 2 rings (SSSR count). The molecular formula is C10H16BrN3. The van der Waals surface area contributed by atoms with Crippen molar-refractivity contribution >= 4 is 15.9 Å². The van der Waals surface area contributed by atoms with Gasteiger partial charge < -0.3 is 10.3 Å². The SMILES string of the molecule is CC(N)Cc1nc(Br)c2n1CCCC2. The number of nitrogens with two attached hydrogens (primary N) is 1. The van der Waals surface area contributed by atoms with Gasteiger partial charge in [0.1, 0.15) is 10.4 Å². The molecule has 0 fully saturated rings. The Morgan fingerprint density at radius 2 is 2.36 bits per heavy atom. The van der Waals surface area contributed by atoms with Crippen LogP contribution in [0.2, 0.25) is 0 Å². The van der Waals surface area contributed by atoms with Crippen LogP contribution in [0, 0.1) is 0 Å². The van der Waals surface area contributed by atoms with Crippen molar-refractivity contribution in [1.82, 2.24) is 9.55 Å². The van der Waals surface area contributed by atoms with E-state index in [-0.39, 0.29) is 6.04 Å². The second-order valence-electron chi connectivity index (χ2n) is 4.06. The molecule has 0 aliphatic carbocycles. The number of fused-ring (bicyclic) bond motifs is 1. The second-order valence-corrected chi connectivity index (χ2v) is 4.81. The van der Waals surface area contributed by atoms with E-state index in [0.29, 0.717) is 0 Å². The van der Waals surface area contributed by atoms with Gasteiger partial charge in [-0.2, -0.15) is 0 Å². The molecule has 0 amide bonds. The van der Waals surface area contributed by atoms with Crippen molar-refractivity contribution in [2.45, 2.75) is 45.2 Å². The molecule has 3 nitrogen and oxygen atoms in total. The van der Waals surface area contributed by atoms with Crippen molar-refractivity contribution in [3.05, 3.63) is 16.1 Å². The maximum atomic E-state index is 5.80. The molecule has 0 aromatic carbocycles. The van der Waals surface area contributed by atoms with Crippen molar-refractivity contribution in [3.63, 3.8) is 0 Å². The fourth-order valence-corrected chi connectivity index (χ4v) is 2.63. The smallest absolute Gasteiger partial charge is 0.127 e. The highest BCUT2D eigenvalue weighted by atomic mass is 79.9. The molecule has 78 valence electrons. The molecule has 1 aliphatic heterocycles. The van der Waals surface area contributed by atoms with Gasteiger partial charge in [0.25, 0.3) is 0 Å². The zero-order valence-corrected chi connectivity index (χ0v) is 10.0. The van der Waals surface area contributed by atoms with E-state index < -0.39 is 0 Å². The van der Waals surface area contributed by atoms with E-state index in [1.54, 1.807) is 0 Å². The van der Waals surface area contributed by atoms with Crippen LogP contribution in [0.25, 0.3) is 0 Å². The third kappa shape index (κ3) is 1.86. The van der Waals surface area contributed by atoms with Gasteiger partial charge in [0, 0.05) is 19.0 Å². The monoisotopic (exact) mass is 257 g/mol. The topological polar surface area (TPSA) is 43.8 Å². The van der Waals surface area contributed by atoms with Gasteiger partial charge in [-0.3, -0.25) is 0 Å². The van der Waals surface area contributed by atoms with Gasteiger partial charge in [0.15, 0.2) is 0 Å². The zero-order valence-electron chi connectivity index (χ0n) is 8.46. The minimum Gasteiger partial charge on any atom is -0.331 e. The van der Waals surface area contributed by atoms with Crippen molar-refractivity contribution in [1.29, 1.82) is 0 Å². The lowest BCUT2D eigenvalue weighted by Gasteiger charge is -2.17. The molecule has 0 saturated heterocycles. The Morgan fingerprint density at radius 1 is 1.57 bits per heavy atom. The Balaban J connectivity index is 2.31. The summed E-state index contributed by atoms with van der Waals surface area (Å²) in [5, 5.41) is 0. The van der Waals surface area contributed by atoms with Crippen LogP contribution < -0.4 is 5.73 Å². The van der Waals surface area contributed by atoms with E-state index in [2.05, 4.69) is 25.5 Å². The van der Waals surface area contributed by atoms with Crippen LogP contribution >= 0.6 is 15.9 Å². The number of hydrogen-bond donors (Lipinski definition) is 1. The zero-order chi connectivity index (χ0) is 10.1. The molecule has 0 radical (unpaired) electrons. The summed E-state index contributed by atoms with van der Waals surface area (Å²) in [5.41, 5.74) is 7.15. The summed E-state index contributed by atoms with van der Waals surface area (Å²) >= 11 is 3.52. The molecule has 1 atom stereocenters. The van der Waals surface area contributed by atoms with E-state index in [4.69, 9.17) is 5.73 Å². The summed E-state index contributed by atoms with van der Waals surface area (Å²) < 4.78 is 3.35. The van der Waals surface area contributed by atoms with E-state index in [9.17, 15) is 0 Å². The lowest BCUT2D eigenvalue weighted by atomic mass is 10.1. The van der Waals surface area contributed by atoms with Crippen LogP contribution in [0.15, 0.2) is 4.60 Å². The van der Waals surface area contributed by atoms with E-state index in [0.717, 1.165) is 29.8 Å². The number of halogens is 1. The molecule has 4 heteroatoms. The Kier molecular flexibility index (Phi) is 2.93. The summed E-state index contributed by atoms with van der Waals surface area (Å²) in [6, 6.07) is 0.190. The van der Waals surface area contributed by atoms with Gasteiger partial charge in [-0.05, 0) is 42.1 Å². The lowest BCUT2D eigenvalue weighted by molar-refractivity contribution is 0.505. The lowest BCUT2D eigenvalue weighted by Crippen LogP contribution is -2.22. The molecule has 14 heavy (non-hydrogen) atoms. The number of hydrogen-bond acceptors (Lipinski definition) is 2. The summed E-state index contributed by atoms with van der Waals surface area (Å²) in [5.74, 6) is 1.14. The number of aromatic nitrogens is 2. The predicted octanol–water partition coefficient (Wildman–Crippen LogP) is 1.87. The van der Waals surface area contributed by atoms with Crippen LogP contribution in [-0.4, -0.2) is 15.6 Å². The fourth-order valence-electron chi connectivity index (χ4n) is 2.01. The maximum absolute atomic E-state index is 5.80. The predicted molar refractivity (Wildman–Crippen MR) is 60.2 cm³/mol. The second kappa shape index (κ2) is 4.03. The van der Waals surface area contributed by atoms with Crippen LogP contribution in [-0.2, 0) is 19.4 Å². The molecule has 2 N–H and O–H groups in total. The van der Waals surface area contributed by atoms with Crippen LogP contribution in [0.4, 0.5) is 0 Å². The molecule has 1 aromatic rings. The third-order valence-corrected chi connectivity index (χ3v) is 3.29. The molecule has 2 heterocycles. The van der Waals surface area contributed by atoms with Gasteiger partial charge in [-0.25, -0.2) is 4.98 Å². The molecule has 0 spiro atoms. The standard InChI is InChI=1S/C10H16BrN3/c1-7(12)6-9-13-10(11)8-4-2-3-5-14(8)9/h7H,2-6,12H2,1H3. The number of imidazole rings is 1. The normalized spacial score (nSPS) is 17.9. The Labute approximate surface area is 92.8 Å². The molecule has 0 bridgehead atoms. The first-order valence-electron chi connectivity index (χ1n) is 5.18. The number of rotatable bonds is 2. The molecule has 1 aromatic heterocycles. The largest absolute Gasteiger partial charge is 0.331 e. The highest BCUT2D eigenvalue weighted by Gasteiger charge is 2.18. The Morgan fingerprint density at radius 3 is 3.07 bits per heavy atom. The minimum atomic E-state index is 0.190. The first-order chi connectivity index (χ1) is 6.68. The molecular weight excluding hydrogens is 242 g/mol. The van der Waals surface area contributed by atoms with Crippen molar-refractivity contribution < 1.29 is 0 Å². The Hall–Kier alpha value is -0.350. The number of nitrogens with zero attached hydrogens (tertiary/aromatic N) is 2. The quantitative estimate of drug-likeness (QED) is 0.880. The minimum absolute atomic E-state index is 0.190. The van der Waals surface area contributed by atoms with Crippen LogP contribution in [0.1, 0.15) is 31.3 Å². The first kappa shape index (κ1) is 10.2. The molecule has 0 saturated carbocycles. The highest BCUT2D eigenvalue weighted by Crippen LogP contribution is 2.25. The fraction of sp³-hybridized carbons (Fsp3) is 0.700. The first-order valence-corrected chi connectivity index (χ1v) is 5.97. The summed E-state index contributed by atoms with van der Waals surface area (Å²) in [4.78, 5) is 4.53. The molecule has 1 unspecified atom stereocenters. The van der Waals surface area contributed by atoms with E-state index in [1.807, 2.05) is 6.92 Å². The summed E-state index contributed by atoms with van der Waals surface area (Å²) in [7, 11) is 0. The maximum Gasteiger partial charge on any atom is 0.127 e. The molecule has 1 aliphatic rings. The van der Waals surface area contributed by atoms with Crippen LogP contribution in [0.5, 0.6) is 0 Å². The van der Waals surface area contributed by atoms with E-state index in [1.165, 1.54) is 18.5 Å². The Bertz CT molecular complexity index is 330. The van der Waals surface area contributed by atoms with Crippen molar-refractivity contribution in [2.75, 3.05) is 0 Å². The summed E-state index contributed by atoms with van der Waals surface area (Å²) in [6.07, 6.45) is 4.56. The van der Waals surface area contributed by atoms with Gasteiger partial charge >= 0.3 is 0 Å². The van der Waals surface area contributed by atoms with Gasteiger partial charge in [0.2, 0.25) is 0 Å². The van der Waals surface area contributed by atoms with Crippen LogP contribution in [0.3, 0.4) is 0 Å². The van der Waals surface area contributed by atoms with E-state index >= 15 is 0 Å².